The average molecular weight is 234 g/mol. The van der Waals surface area contributed by atoms with Crippen LogP contribution < -0.4 is 5.32 Å². The van der Waals surface area contributed by atoms with Crippen molar-refractivity contribution in [2.24, 2.45) is 0 Å². The molecule has 0 fully saturated rings. The highest BCUT2D eigenvalue weighted by Gasteiger charge is 2.22. The monoisotopic (exact) mass is 234 g/mol. The van der Waals surface area contributed by atoms with Gasteiger partial charge in [0.15, 0.2) is 0 Å². The molecular weight excluding hydrogens is 216 g/mol. The van der Waals surface area contributed by atoms with Crippen LogP contribution in [-0.2, 0) is 12.1 Å². The van der Waals surface area contributed by atoms with Gasteiger partial charge < -0.3 is 14.4 Å². The van der Waals surface area contributed by atoms with Crippen LogP contribution in [0.4, 0.5) is 0 Å². The largest absolute Gasteiger partial charge is 0.361 e. The second-order valence-electron chi connectivity index (χ2n) is 4.71. The van der Waals surface area contributed by atoms with Crippen molar-refractivity contribution >= 4 is 0 Å². The minimum absolute atomic E-state index is 0.116. The Hall–Kier alpha value is -1.62. The highest BCUT2D eigenvalue weighted by molar-refractivity contribution is 5.13. The van der Waals surface area contributed by atoms with Gasteiger partial charge in [0.2, 0.25) is 0 Å². The standard InChI is InChI=1S/C12H18N4O/c1-9-5-10(15-17-9)7-16-8-14-6-11(16)12(2,3)13-4/h5-6,8,13H,7H2,1-4H3. The maximum Gasteiger partial charge on any atom is 0.133 e. The van der Waals surface area contributed by atoms with E-state index in [0.717, 1.165) is 17.1 Å². The molecule has 0 saturated carbocycles. The lowest BCUT2D eigenvalue weighted by Crippen LogP contribution is -2.35. The van der Waals surface area contributed by atoms with Gasteiger partial charge in [-0.15, -0.1) is 0 Å². The number of aromatic nitrogens is 3. The van der Waals surface area contributed by atoms with Crippen molar-refractivity contribution in [3.05, 3.63) is 35.7 Å². The van der Waals surface area contributed by atoms with Crippen LogP contribution in [0.2, 0.25) is 0 Å². The average Bonchev–Trinajstić information content (AvgIpc) is 2.89. The van der Waals surface area contributed by atoms with E-state index in [2.05, 4.69) is 33.9 Å². The van der Waals surface area contributed by atoms with Crippen molar-refractivity contribution in [3.8, 4) is 0 Å². The molecule has 2 rings (SSSR count). The molecule has 0 aliphatic carbocycles. The van der Waals surface area contributed by atoms with E-state index in [-0.39, 0.29) is 5.54 Å². The van der Waals surface area contributed by atoms with E-state index < -0.39 is 0 Å². The van der Waals surface area contributed by atoms with Gasteiger partial charge in [0, 0.05) is 6.07 Å². The van der Waals surface area contributed by atoms with Gasteiger partial charge in [-0.05, 0) is 27.8 Å². The SMILES string of the molecule is CNC(C)(C)c1cncn1Cc1cc(C)on1. The number of nitrogens with zero attached hydrogens (tertiary/aromatic N) is 3. The highest BCUT2D eigenvalue weighted by Crippen LogP contribution is 2.19. The second kappa shape index (κ2) is 4.33. The summed E-state index contributed by atoms with van der Waals surface area (Å²) in [4.78, 5) is 4.20. The van der Waals surface area contributed by atoms with Crippen LogP contribution in [0, 0.1) is 6.92 Å². The summed E-state index contributed by atoms with van der Waals surface area (Å²) < 4.78 is 7.14. The summed E-state index contributed by atoms with van der Waals surface area (Å²) in [5.74, 6) is 0.828. The molecule has 0 aromatic carbocycles. The van der Waals surface area contributed by atoms with E-state index in [0.29, 0.717) is 6.54 Å². The molecule has 0 radical (unpaired) electrons. The molecule has 1 N–H and O–H groups in total. The molecule has 0 unspecified atom stereocenters. The van der Waals surface area contributed by atoms with Crippen molar-refractivity contribution in [2.45, 2.75) is 32.9 Å². The number of imidazole rings is 1. The number of nitrogens with one attached hydrogen (secondary N) is 1. The van der Waals surface area contributed by atoms with E-state index >= 15 is 0 Å². The molecule has 2 heterocycles. The molecule has 0 atom stereocenters. The number of rotatable bonds is 4. The van der Waals surface area contributed by atoms with Crippen molar-refractivity contribution in [1.29, 1.82) is 0 Å². The smallest absolute Gasteiger partial charge is 0.133 e. The first-order valence-electron chi connectivity index (χ1n) is 5.64. The summed E-state index contributed by atoms with van der Waals surface area (Å²) in [5, 5.41) is 7.27. The van der Waals surface area contributed by atoms with E-state index in [9.17, 15) is 0 Å². The van der Waals surface area contributed by atoms with E-state index in [4.69, 9.17) is 4.52 Å². The van der Waals surface area contributed by atoms with Gasteiger partial charge in [0.25, 0.3) is 0 Å². The molecule has 0 aliphatic heterocycles. The van der Waals surface area contributed by atoms with Crippen LogP contribution in [0.1, 0.15) is 31.0 Å². The predicted molar refractivity (Wildman–Crippen MR) is 64.7 cm³/mol. The summed E-state index contributed by atoms with van der Waals surface area (Å²) in [6.07, 6.45) is 3.70. The molecule has 17 heavy (non-hydrogen) atoms. The van der Waals surface area contributed by atoms with Crippen LogP contribution >= 0.6 is 0 Å². The van der Waals surface area contributed by atoms with Crippen LogP contribution in [0.25, 0.3) is 0 Å². The molecular formula is C12H18N4O. The second-order valence-corrected chi connectivity index (χ2v) is 4.71. The summed E-state index contributed by atoms with van der Waals surface area (Å²) >= 11 is 0. The molecule has 2 aromatic rings. The van der Waals surface area contributed by atoms with Gasteiger partial charge in [0.1, 0.15) is 11.5 Å². The molecule has 2 aromatic heterocycles. The van der Waals surface area contributed by atoms with Crippen molar-refractivity contribution in [3.63, 3.8) is 0 Å². The normalized spacial score (nSPS) is 12.0. The van der Waals surface area contributed by atoms with Gasteiger partial charge in [-0.1, -0.05) is 5.16 Å². The summed E-state index contributed by atoms with van der Waals surface area (Å²) in [7, 11) is 1.94. The molecule has 5 nitrogen and oxygen atoms in total. The lowest BCUT2D eigenvalue weighted by Gasteiger charge is -2.25. The van der Waals surface area contributed by atoms with Crippen LogP contribution in [0.15, 0.2) is 23.1 Å². The van der Waals surface area contributed by atoms with E-state index in [1.165, 1.54) is 0 Å². The maximum atomic E-state index is 5.07. The minimum atomic E-state index is -0.116. The number of hydrogen-bond donors (Lipinski definition) is 1. The van der Waals surface area contributed by atoms with Crippen LogP contribution in [-0.4, -0.2) is 21.8 Å². The van der Waals surface area contributed by atoms with Crippen molar-refractivity contribution < 1.29 is 4.52 Å². The minimum Gasteiger partial charge on any atom is -0.361 e. The highest BCUT2D eigenvalue weighted by atomic mass is 16.5. The summed E-state index contributed by atoms with van der Waals surface area (Å²) in [6, 6.07) is 1.94. The first-order valence-corrected chi connectivity index (χ1v) is 5.64. The molecule has 0 spiro atoms. The van der Waals surface area contributed by atoms with Gasteiger partial charge in [-0.2, -0.15) is 0 Å². The lowest BCUT2D eigenvalue weighted by molar-refractivity contribution is 0.383. The maximum absolute atomic E-state index is 5.07. The Morgan fingerprint density at radius 3 is 2.82 bits per heavy atom. The van der Waals surface area contributed by atoms with Gasteiger partial charge in [0.05, 0.1) is 30.3 Å². The molecule has 0 saturated heterocycles. The molecule has 92 valence electrons. The zero-order valence-electron chi connectivity index (χ0n) is 10.7. The Morgan fingerprint density at radius 2 is 2.24 bits per heavy atom. The lowest BCUT2D eigenvalue weighted by atomic mass is 10.0. The fourth-order valence-corrected chi connectivity index (χ4v) is 1.76. The number of aryl methyl sites for hydroxylation is 1. The fourth-order valence-electron chi connectivity index (χ4n) is 1.76. The molecule has 0 aliphatic rings. The molecule has 0 amide bonds. The van der Waals surface area contributed by atoms with E-state index in [1.54, 1.807) is 0 Å². The Bertz CT molecular complexity index is 498. The first-order chi connectivity index (χ1) is 8.03. The van der Waals surface area contributed by atoms with E-state index in [1.807, 2.05) is 32.6 Å². The van der Waals surface area contributed by atoms with Gasteiger partial charge in [-0.25, -0.2) is 4.98 Å². The third kappa shape index (κ3) is 2.39. The third-order valence-electron chi connectivity index (χ3n) is 2.99. The Kier molecular flexibility index (Phi) is 3.02. The zero-order valence-corrected chi connectivity index (χ0v) is 10.7. The summed E-state index contributed by atoms with van der Waals surface area (Å²) in [5.41, 5.74) is 1.92. The quantitative estimate of drug-likeness (QED) is 0.874. The van der Waals surface area contributed by atoms with Crippen LogP contribution in [0.3, 0.4) is 0 Å². The molecule has 5 heteroatoms. The van der Waals surface area contributed by atoms with Gasteiger partial charge >= 0.3 is 0 Å². The van der Waals surface area contributed by atoms with Crippen molar-refractivity contribution in [2.75, 3.05) is 7.05 Å². The number of hydrogen-bond acceptors (Lipinski definition) is 4. The van der Waals surface area contributed by atoms with Crippen LogP contribution in [0.5, 0.6) is 0 Å². The fraction of sp³-hybridized carbons (Fsp3) is 0.500. The summed E-state index contributed by atoms with van der Waals surface area (Å²) in [6.45, 7) is 6.81. The first kappa shape index (κ1) is 11.9. The Balaban J connectivity index is 2.26. The third-order valence-corrected chi connectivity index (χ3v) is 2.99. The topological polar surface area (TPSA) is 55.9 Å². The van der Waals surface area contributed by atoms with Gasteiger partial charge in [-0.3, -0.25) is 0 Å². The molecule has 0 bridgehead atoms. The Labute approximate surface area is 101 Å². The zero-order chi connectivity index (χ0) is 12.5. The Morgan fingerprint density at radius 1 is 1.47 bits per heavy atom. The van der Waals surface area contributed by atoms with Crippen molar-refractivity contribution in [1.82, 2.24) is 20.0 Å². The predicted octanol–water partition coefficient (Wildman–Crippen LogP) is 1.68.